The van der Waals surface area contributed by atoms with Crippen LogP contribution in [0.15, 0.2) is 24.3 Å². The van der Waals surface area contributed by atoms with Crippen molar-refractivity contribution in [3.05, 3.63) is 39.9 Å². The van der Waals surface area contributed by atoms with Crippen molar-refractivity contribution in [2.24, 2.45) is 0 Å². The molecule has 1 nitrogen and oxygen atoms in total. The molecule has 0 bridgehead atoms. The van der Waals surface area contributed by atoms with E-state index in [2.05, 4.69) is 11.4 Å². The monoisotopic (exact) mass is 241 g/mol. The first-order valence-electron chi connectivity index (χ1n) is 5.12. The maximum Gasteiger partial charge on any atom is 0.0479 e. The summed E-state index contributed by atoms with van der Waals surface area (Å²) in [7, 11) is 0. The van der Waals surface area contributed by atoms with Crippen molar-refractivity contribution in [3.63, 3.8) is 0 Å². The third-order valence-electron chi connectivity index (χ3n) is 2.56. The topological polar surface area (TPSA) is 12.0 Å². The van der Waals surface area contributed by atoms with Crippen LogP contribution in [0.2, 0.25) is 10.0 Å². The van der Waals surface area contributed by atoms with Crippen molar-refractivity contribution in [2.45, 2.75) is 18.9 Å². The maximum atomic E-state index is 6.05. The predicted octanol–water partition coefficient (Wildman–Crippen LogP) is 3.76. The van der Waals surface area contributed by atoms with Gasteiger partial charge in [-0.3, -0.25) is 0 Å². The molecule has 0 aliphatic carbocycles. The van der Waals surface area contributed by atoms with Gasteiger partial charge in [-0.2, -0.15) is 0 Å². The average Bonchev–Trinajstić information content (AvgIpc) is 2.72. The van der Waals surface area contributed by atoms with E-state index in [0.717, 1.165) is 22.2 Å². The standard InChI is InChI=1S/C12H13Cl2N/c13-10-4-6-12(14)9(8-10)3-5-11-2-1-7-15-11/h3-6,8,11,15H,1-2,7H2/b5-3+. The van der Waals surface area contributed by atoms with Crippen molar-refractivity contribution in [2.75, 3.05) is 6.54 Å². The maximum absolute atomic E-state index is 6.05. The largest absolute Gasteiger partial charge is 0.311 e. The van der Waals surface area contributed by atoms with Crippen molar-refractivity contribution in [3.8, 4) is 0 Å². The van der Waals surface area contributed by atoms with Gasteiger partial charge in [-0.1, -0.05) is 35.4 Å². The van der Waals surface area contributed by atoms with E-state index < -0.39 is 0 Å². The van der Waals surface area contributed by atoms with Crippen molar-refractivity contribution < 1.29 is 0 Å². The molecule has 2 rings (SSSR count). The smallest absolute Gasteiger partial charge is 0.0479 e. The Morgan fingerprint density at radius 1 is 1.33 bits per heavy atom. The number of nitrogens with one attached hydrogen (secondary N) is 1. The molecule has 1 saturated heterocycles. The van der Waals surface area contributed by atoms with E-state index in [1.807, 2.05) is 18.2 Å². The summed E-state index contributed by atoms with van der Waals surface area (Å²) in [5.41, 5.74) is 0.984. The summed E-state index contributed by atoms with van der Waals surface area (Å²) in [6, 6.07) is 6.00. The first kappa shape index (κ1) is 11.0. The Morgan fingerprint density at radius 3 is 2.93 bits per heavy atom. The Labute approximate surface area is 100 Å². The highest BCUT2D eigenvalue weighted by Gasteiger charge is 2.09. The predicted molar refractivity (Wildman–Crippen MR) is 66.5 cm³/mol. The van der Waals surface area contributed by atoms with Crippen molar-refractivity contribution >= 4 is 29.3 Å². The second-order valence-electron chi connectivity index (χ2n) is 3.73. The molecule has 1 aromatic carbocycles. The summed E-state index contributed by atoms with van der Waals surface area (Å²) in [5.74, 6) is 0. The quantitative estimate of drug-likeness (QED) is 0.832. The summed E-state index contributed by atoms with van der Waals surface area (Å²) < 4.78 is 0. The summed E-state index contributed by atoms with van der Waals surface area (Å²) in [5, 5.41) is 4.86. The van der Waals surface area contributed by atoms with Crippen LogP contribution in [0, 0.1) is 0 Å². The molecule has 1 aliphatic rings. The normalized spacial score (nSPS) is 21.3. The number of halogens is 2. The molecular weight excluding hydrogens is 229 g/mol. The molecule has 0 spiro atoms. The number of benzene rings is 1. The van der Waals surface area contributed by atoms with E-state index in [4.69, 9.17) is 23.2 Å². The van der Waals surface area contributed by atoms with Gasteiger partial charge in [-0.05, 0) is 43.1 Å². The highest BCUT2D eigenvalue weighted by Crippen LogP contribution is 2.22. The Bertz CT molecular complexity index is 368. The second-order valence-corrected chi connectivity index (χ2v) is 4.57. The van der Waals surface area contributed by atoms with E-state index in [1.165, 1.54) is 12.8 Å². The molecule has 1 atom stereocenters. The highest BCUT2D eigenvalue weighted by atomic mass is 35.5. The molecule has 1 fully saturated rings. The number of hydrogen-bond acceptors (Lipinski definition) is 1. The lowest BCUT2D eigenvalue weighted by Crippen LogP contribution is -2.17. The Hall–Kier alpha value is -0.500. The third kappa shape index (κ3) is 2.97. The zero-order chi connectivity index (χ0) is 10.7. The summed E-state index contributed by atoms with van der Waals surface area (Å²) in [6.45, 7) is 1.11. The first-order valence-corrected chi connectivity index (χ1v) is 5.88. The van der Waals surface area contributed by atoms with Gasteiger partial charge in [0.15, 0.2) is 0 Å². The van der Waals surface area contributed by atoms with Gasteiger partial charge in [-0.25, -0.2) is 0 Å². The molecule has 1 aliphatic heterocycles. The minimum atomic E-state index is 0.486. The van der Waals surface area contributed by atoms with E-state index in [1.54, 1.807) is 6.07 Å². The van der Waals surface area contributed by atoms with Crippen LogP contribution >= 0.6 is 23.2 Å². The molecule has 3 heteroatoms. The lowest BCUT2D eigenvalue weighted by molar-refractivity contribution is 0.730. The molecular formula is C12H13Cl2N. The van der Waals surface area contributed by atoms with Crippen LogP contribution in [-0.2, 0) is 0 Å². The van der Waals surface area contributed by atoms with E-state index >= 15 is 0 Å². The minimum absolute atomic E-state index is 0.486. The molecule has 80 valence electrons. The highest BCUT2D eigenvalue weighted by molar-refractivity contribution is 6.34. The zero-order valence-electron chi connectivity index (χ0n) is 8.34. The van der Waals surface area contributed by atoms with Crippen LogP contribution in [0.1, 0.15) is 18.4 Å². The van der Waals surface area contributed by atoms with Gasteiger partial charge in [0.25, 0.3) is 0 Å². The van der Waals surface area contributed by atoms with Gasteiger partial charge in [0.2, 0.25) is 0 Å². The fourth-order valence-electron chi connectivity index (χ4n) is 1.74. The fourth-order valence-corrected chi connectivity index (χ4v) is 2.10. The van der Waals surface area contributed by atoms with Gasteiger partial charge in [0, 0.05) is 16.1 Å². The molecule has 1 unspecified atom stereocenters. The number of hydrogen-bond donors (Lipinski definition) is 1. The van der Waals surface area contributed by atoms with Crippen LogP contribution in [0.5, 0.6) is 0 Å². The SMILES string of the molecule is Clc1ccc(Cl)c(/C=C/C2CCCN2)c1. The van der Waals surface area contributed by atoms with Crippen LogP contribution in [0.4, 0.5) is 0 Å². The molecule has 15 heavy (non-hydrogen) atoms. The molecule has 0 amide bonds. The van der Waals surface area contributed by atoms with E-state index in [0.29, 0.717) is 6.04 Å². The van der Waals surface area contributed by atoms with Gasteiger partial charge >= 0.3 is 0 Å². The van der Waals surface area contributed by atoms with Gasteiger partial charge in [0.1, 0.15) is 0 Å². The van der Waals surface area contributed by atoms with Crippen molar-refractivity contribution in [1.29, 1.82) is 0 Å². The molecule has 1 N–H and O–H groups in total. The van der Waals surface area contributed by atoms with Crippen LogP contribution in [0.25, 0.3) is 6.08 Å². The van der Waals surface area contributed by atoms with Gasteiger partial charge in [-0.15, -0.1) is 0 Å². The third-order valence-corrected chi connectivity index (χ3v) is 3.14. The summed E-state index contributed by atoms with van der Waals surface area (Å²) in [4.78, 5) is 0. The Morgan fingerprint density at radius 2 is 2.20 bits per heavy atom. The minimum Gasteiger partial charge on any atom is -0.311 e. The van der Waals surface area contributed by atoms with Gasteiger partial charge in [0.05, 0.1) is 0 Å². The first-order chi connectivity index (χ1) is 7.25. The molecule has 0 saturated carbocycles. The van der Waals surface area contributed by atoms with Crippen LogP contribution in [0.3, 0.4) is 0 Å². The molecule has 0 aromatic heterocycles. The van der Waals surface area contributed by atoms with Gasteiger partial charge < -0.3 is 5.32 Å². The van der Waals surface area contributed by atoms with Crippen molar-refractivity contribution in [1.82, 2.24) is 5.32 Å². The van der Waals surface area contributed by atoms with E-state index in [9.17, 15) is 0 Å². The lowest BCUT2D eigenvalue weighted by Gasteiger charge is -2.03. The van der Waals surface area contributed by atoms with Crippen LogP contribution < -0.4 is 5.32 Å². The molecule has 0 radical (unpaired) electrons. The summed E-state index contributed by atoms with van der Waals surface area (Å²) in [6.07, 6.45) is 6.65. The second kappa shape index (κ2) is 5.02. The lowest BCUT2D eigenvalue weighted by atomic mass is 10.1. The zero-order valence-corrected chi connectivity index (χ0v) is 9.85. The Kier molecular flexibility index (Phi) is 3.68. The number of rotatable bonds is 2. The van der Waals surface area contributed by atoms with E-state index in [-0.39, 0.29) is 0 Å². The Balaban J connectivity index is 2.11. The molecule has 1 heterocycles. The van der Waals surface area contributed by atoms with Crippen LogP contribution in [-0.4, -0.2) is 12.6 Å². The molecule has 1 aromatic rings. The average molecular weight is 242 g/mol. The summed E-state index contributed by atoms with van der Waals surface area (Å²) >= 11 is 12.0. The fraction of sp³-hybridized carbons (Fsp3) is 0.333.